The molecule has 5 heteroatoms. The third-order valence-electron chi connectivity index (χ3n) is 3.27. The average Bonchev–Trinajstić information content (AvgIpc) is 2.91. The summed E-state index contributed by atoms with van der Waals surface area (Å²) in [4.78, 5) is 7.13. The lowest BCUT2D eigenvalue weighted by molar-refractivity contribution is 0.0103. The van der Waals surface area contributed by atoms with E-state index in [2.05, 4.69) is 9.97 Å². The second kappa shape index (κ2) is 3.50. The second-order valence-electron chi connectivity index (χ2n) is 4.53. The number of benzene rings is 1. The molecule has 1 saturated heterocycles. The molecule has 3 rings (SSSR count). The Bertz CT molecular complexity index is 573. The molecule has 0 amide bonds. The molecule has 1 unspecified atom stereocenters. The number of fused-ring (bicyclic) bond motifs is 1. The Kier molecular flexibility index (Phi) is 2.19. The standard InChI is InChI=1S/C12H12F2N2O/c1-12(5-2-6-17-12)11-15-8-4-3-7(13)9(14)10(8)16-11/h3-4H,2,5-6H2,1H3,(H,15,16). The van der Waals surface area contributed by atoms with Gasteiger partial charge in [0, 0.05) is 6.61 Å². The van der Waals surface area contributed by atoms with Gasteiger partial charge in [-0.1, -0.05) is 0 Å². The Morgan fingerprint density at radius 2 is 2.24 bits per heavy atom. The van der Waals surface area contributed by atoms with E-state index in [1.165, 1.54) is 6.07 Å². The number of halogens is 2. The quantitative estimate of drug-likeness (QED) is 0.829. The van der Waals surface area contributed by atoms with Crippen molar-refractivity contribution in [2.75, 3.05) is 6.61 Å². The molecule has 1 N–H and O–H groups in total. The average molecular weight is 238 g/mol. The van der Waals surface area contributed by atoms with Crippen LogP contribution in [0.2, 0.25) is 0 Å². The van der Waals surface area contributed by atoms with Crippen LogP contribution in [0.4, 0.5) is 8.78 Å². The molecule has 1 atom stereocenters. The molecule has 0 bridgehead atoms. The lowest BCUT2D eigenvalue weighted by Gasteiger charge is -2.19. The van der Waals surface area contributed by atoms with E-state index in [4.69, 9.17) is 4.74 Å². The fourth-order valence-corrected chi connectivity index (χ4v) is 2.23. The predicted molar refractivity (Wildman–Crippen MR) is 58.5 cm³/mol. The minimum atomic E-state index is -0.911. The zero-order valence-corrected chi connectivity index (χ0v) is 9.39. The summed E-state index contributed by atoms with van der Waals surface area (Å²) in [5.41, 5.74) is 0.0226. The fourth-order valence-electron chi connectivity index (χ4n) is 2.23. The van der Waals surface area contributed by atoms with Crippen LogP contribution in [0, 0.1) is 11.6 Å². The van der Waals surface area contributed by atoms with Crippen molar-refractivity contribution in [1.82, 2.24) is 9.97 Å². The van der Waals surface area contributed by atoms with Gasteiger partial charge in [0.1, 0.15) is 16.9 Å². The fraction of sp³-hybridized carbons (Fsp3) is 0.417. The molecular weight excluding hydrogens is 226 g/mol. The highest BCUT2D eigenvalue weighted by Gasteiger charge is 2.35. The Morgan fingerprint density at radius 1 is 1.41 bits per heavy atom. The summed E-state index contributed by atoms with van der Waals surface area (Å²) < 4.78 is 32.2. The molecule has 2 heterocycles. The van der Waals surface area contributed by atoms with Gasteiger partial charge in [0.25, 0.3) is 0 Å². The van der Waals surface area contributed by atoms with Crippen LogP contribution in [0.5, 0.6) is 0 Å². The SMILES string of the molecule is CC1(c2nc3c(F)c(F)ccc3[nH]2)CCCO1. The van der Waals surface area contributed by atoms with Gasteiger partial charge in [0.05, 0.1) is 5.52 Å². The highest BCUT2D eigenvalue weighted by atomic mass is 19.2. The van der Waals surface area contributed by atoms with Crippen LogP contribution in [0.25, 0.3) is 11.0 Å². The van der Waals surface area contributed by atoms with Crippen LogP contribution in [0.15, 0.2) is 12.1 Å². The van der Waals surface area contributed by atoms with Gasteiger partial charge in [-0.15, -0.1) is 0 Å². The largest absolute Gasteiger partial charge is 0.367 e. The van der Waals surface area contributed by atoms with Crippen molar-refractivity contribution in [2.24, 2.45) is 0 Å². The number of ether oxygens (including phenoxy) is 1. The van der Waals surface area contributed by atoms with Gasteiger partial charge in [-0.05, 0) is 31.9 Å². The van der Waals surface area contributed by atoms with E-state index in [9.17, 15) is 8.78 Å². The lowest BCUT2D eigenvalue weighted by Crippen LogP contribution is -2.21. The number of aromatic amines is 1. The van der Waals surface area contributed by atoms with E-state index >= 15 is 0 Å². The van der Waals surface area contributed by atoms with Gasteiger partial charge in [0.15, 0.2) is 11.6 Å². The Morgan fingerprint density at radius 3 is 2.94 bits per heavy atom. The van der Waals surface area contributed by atoms with E-state index in [0.29, 0.717) is 17.9 Å². The second-order valence-corrected chi connectivity index (χ2v) is 4.53. The van der Waals surface area contributed by atoms with Crippen molar-refractivity contribution in [3.63, 3.8) is 0 Å². The topological polar surface area (TPSA) is 37.9 Å². The van der Waals surface area contributed by atoms with Crippen molar-refractivity contribution in [1.29, 1.82) is 0 Å². The minimum Gasteiger partial charge on any atom is -0.367 e. The van der Waals surface area contributed by atoms with Crippen LogP contribution in [-0.4, -0.2) is 16.6 Å². The van der Waals surface area contributed by atoms with Crippen molar-refractivity contribution >= 4 is 11.0 Å². The zero-order chi connectivity index (χ0) is 12.0. The van der Waals surface area contributed by atoms with Crippen molar-refractivity contribution in [3.05, 3.63) is 29.6 Å². The lowest BCUT2D eigenvalue weighted by atomic mass is 10.0. The summed E-state index contributed by atoms with van der Waals surface area (Å²) in [5, 5.41) is 0. The van der Waals surface area contributed by atoms with Crippen LogP contribution < -0.4 is 0 Å². The summed E-state index contributed by atoms with van der Waals surface area (Å²) in [6, 6.07) is 2.58. The molecule has 3 nitrogen and oxygen atoms in total. The van der Waals surface area contributed by atoms with Crippen molar-refractivity contribution < 1.29 is 13.5 Å². The molecule has 1 aliphatic rings. The van der Waals surface area contributed by atoms with E-state index < -0.39 is 17.2 Å². The summed E-state index contributed by atoms with van der Waals surface area (Å²) in [6.07, 6.45) is 1.78. The highest BCUT2D eigenvalue weighted by Crippen LogP contribution is 2.35. The highest BCUT2D eigenvalue weighted by molar-refractivity contribution is 5.76. The van der Waals surface area contributed by atoms with E-state index in [0.717, 1.165) is 18.9 Å². The zero-order valence-electron chi connectivity index (χ0n) is 9.39. The summed E-state index contributed by atoms with van der Waals surface area (Å²) in [6.45, 7) is 2.58. The first-order chi connectivity index (χ1) is 8.10. The molecule has 17 heavy (non-hydrogen) atoms. The number of aromatic nitrogens is 2. The molecular formula is C12H12F2N2O. The number of hydrogen-bond acceptors (Lipinski definition) is 2. The number of nitrogens with zero attached hydrogens (tertiary/aromatic N) is 1. The van der Waals surface area contributed by atoms with Gasteiger partial charge >= 0.3 is 0 Å². The number of rotatable bonds is 1. The third-order valence-corrected chi connectivity index (χ3v) is 3.27. The Hall–Kier alpha value is -1.49. The van der Waals surface area contributed by atoms with Gasteiger partial charge in [-0.25, -0.2) is 13.8 Å². The molecule has 1 aliphatic heterocycles. The molecule has 0 radical (unpaired) electrons. The predicted octanol–water partition coefficient (Wildman–Crippen LogP) is 2.87. The summed E-state index contributed by atoms with van der Waals surface area (Å²) in [5.74, 6) is -1.23. The van der Waals surface area contributed by atoms with E-state index in [1.807, 2.05) is 6.92 Å². The maximum atomic E-state index is 13.5. The van der Waals surface area contributed by atoms with Crippen LogP contribution >= 0.6 is 0 Å². The summed E-state index contributed by atoms with van der Waals surface area (Å²) in [7, 11) is 0. The van der Waals surface area contributed by atoms with E-state index in [-0.39, 0.29) is 5.52 Å². The van der Waals surface area contributed by atoms with Gasteiger partial charge in [-0.3, -0.25) is 0 Å². The molecule has 0 aliphatic carbocycles. The number of nitrogens with one attached hydrogen (secondary N) is 1. The van der Waals surface area contributed by atoms with Crippen LogP contribution in [0.3, 0.4) is 0 Å². The molecule has 0 saturated carbocycles. The van der Waals surface area contributed by atoms with E-state index in [1.54, 1.807) is 0 Å². The van der Waals surface area contributed by atoms with Crippen LogP contribution in [-0.2, 0) is 10.3 Å². The molecule has 2 aromatic rings. The maximum absolute atomic E-state index is 13.5. The van der Waals surface area contributed by atoms with Crippen molar-refractivity contribution in [3.8, 4) is 0 Å². The normalized spacial score (nSPS) is 24.6. The number of hydrogen-bond donors (Lipinski definition) is 1. The first-order valence-electron chi connectivity index (χ1n) is 5.58. The first kappa shape index (κ1) is 10.7. The smallest absolute Gasteiger partial charge is 0.186 e. The van der Waals surface area contributed by atoms with Crippen molar-refractivity contribution in [2.45, 2.75) is 25.4 Å². The Balaban J connectivity index is 2.17. The molecule has 1 aromatic heterocycles. The Labute approximate surface area is 96.8 Å². The molecule has 0 spiro atoms. The van der Waals surface area contributed by atoms with Gasteiger partial charge < -0.3 is 9.72 Å². The minimum absolute atomic E-state index is 0.0386. The maximum Gasteiger partial charge on any atom is 0.186 e. The third kappa shape index (κ3) is 1.53. The molecule has 1 fully saturated rings. The van der Waals surface area contributed by atoms with Gasteiger partial charge in [-0.2, -0.15) is 0 Å². The van der Waals surface area contributed by atoms with Crippen LogP contribution in [0.1, 0.15) is 25.6 Å². The van der Waals surface area contributed by atoms with Gasteiger partial charge in [0.2, 0.25) is 0 Å². The number of H-pyrrole nitrogens is 1. The monoisotopic (exact) mass is 238 g/mol. The summed E-state index contributed by atoms with van der Waals surface area (Å²) >= 11 is 0. The number of imidazole rings is 1. The molecule has 1 aromatic carbocycles. The first-order valence-corrected chi connectivity index (χ1v) is 5.58. The molecule has 90 valence electrons.